The molecule has 172 valence electrons. The van der Waals surface area contributed by atoms with E-state index >= 15 is 0 Å². The van der Waals surface area contributed by atoms with Gasteiger partial charge in [0.15, 0.2) is 0 Å². The van der Waals surface area contributed by atoms with Gasteiger partial charge in [0, 0.05) is 5.41 Å². The van der Waals surface area contributed by atoms with Crippen LogP contribution in [-0.4, -0.2) is 0 Å². The Morgan fingerprint density at radius 3 is 1.83 bits per heavy atom. The molecule has 6 aromatic carbocycles. The van der Waals surface area contributed by atoms with E-state index in [0.717, 1.165) is 0 Å². The molecular formula is C36H28. The Morgan fingerprint density at radius 2 is 1.06 bits per heavy atom. The van der Waals surface area contributed by atoms with Crippen LogP contribution in [0.3, 0.4) is 0 Å². The van der Waals surface area contributed by atoms with E-state index in [4.69, 9.17) is 0 Å². The summed E-state index contributed by atoms with van der Waals surface area (Å²) in [7, 11) is 0. The zero-order chi connectivity index (χ0) is 24.4. The van der Waals surface area contributed by atoms with Gasteiger partial charge in [-0.25, -0.2) is 0 Å². The van der Waals surface area contributed by atoms with Crippen molar-refractivity contribution < 1.29 is 0 Å². The van der Waals surface area contributed by atoms with Gasteiger partial charge in [-0.05, 0) is 79.0 Å². The largest absolute Gasteiger partial charge is 0.0622 e. The van der Waals surface area contributed by atoms with Gasteiger partial charge in [-0.2, -0.15) is 0 Å². The first-order valence-electron chi connectivity index (χ1n) is 12.8. The minimum absolute atomic E-state index is 0.0204. The first-order chi connectivity index (χ1) is 17.5. The van der Waals surface area contributed by atoms with Crippen LogP contribution in [0.2, 0.25) is 0 Å². The topological polar surface area (TPSA) is 0 Å². The van der Waals surface area contributed by atoms with Crippen LogP contribution in [0.4, 0.5) is 0 Å². The molecule has 0 fully saturated rings. The van der Waals surface area contributed by atoms with Gasteiger partial charge in [-0.3, -0.25) is 0 Å². The lowest BCUT2D eigenvalue weighted by molar-refractivity contribution is 0.660. The van der Waals surface area contributed by atoms with Gasteiger partial charge in [-0.15, -0.1) is 0 Å². The number of benzene rings is 6. The van der Waals surface area contributed by atoms with Gasteiger partial charge in [0.1, 0.15) is 0 Å². The maximum absolute atomic E-state index is 2.46. The fourth-order valence-corrected chi connectivity index (χ4v) is 6.38. The summed E-state index contributed by atoms with van der Waals surface area (Å²) in [6, 6.07) is 42.7. The summed E-state index contributed by atoms with van der Waals surface area (Å²) >= 11 is 0. The lowest BCUT2D eigenvalue weighted by Crippen LogP contribution is -2.14. The quantitative estimate of drug-likeness (QED) is 0.226. The number of fused-ring (bicyclic) bond motifs is 5. The molecule has 0 spiro atoms. The highest BCUT2D eigenvalue weighted by Crippen LogP contribution is 2.51. The summed E-state index contributed by atoms with van der Waals surface area (Å²) < 4.78 is 0. The second-order valence-corrected chi connectivity index (χ2v) is 10.6. The van der Waals surface area contributed by atoms with Crippen molar-refractivity contribution in [3.63, 3.8) is 0 Å². The minimum atomic E-state index is -0.0204. The Labute approximate surface area is 212 Å². The Balaban J connectivity index is 1.59. The Hall–Kier alpha value is -4.16. The molecule has 0 aromatic heterocycles. The Kier molecular flexibility index (Phi) is 4.51. The van der Waals surface area contributed by atoms with E-state index in [-0.39, 0.29) is 5.41 Å². The van der Waals surface area contributed by atoms with E-state index in [1.807, 2.05) is 0 Å². The zero-order valence-electron chi connectivity index (χ0n) is 21.0. The highest BCUT2D eigenvalue weighted by molar-refractivity contribution is 6.21. The molecule has 0 amide bonds. The average Bonchev–Trinajstić information content (AvgIpc) is 3.14. The molecule has 0 heterocycles. The second kappa shape index (κ2) is 7.67. The molecule has 7 rings (SSSR count). The van der Waals surface area contributed by atoms with Crippen LogP contribution < -0.4 is 0 Å². The molecule has 0 aliphatic heterocycles. The summed E-state index contributed by atoms with van der Waals surface area (Å²) in [5, 5.41) is 5.24. The molecule has 36 heavy (non-hydrogen) atoms. The highest BCUT2D eigenvalue weighted by Gasteiger charge is 2.35. The first-order valence-corrected chi connectivity index (χ1v) is 12.8. The van der Waals surface area contributed by atoms with Crippen molar-refractivity contribution in [2.45, 2.75) is 26.2 Å². The number of hydrogen-bond acceptors (Lipinski definition) is 0. The van der Waals surface area contributed by atoms with Crippen molar-refractivity contribution >= 4 is 21.5 Å². The number of aryl methyl sites for hydroxylation is 1. The van der Waals surface area contributed by atoms with E-state index < -0.39 is 0 Å². The molecule has 0 atom stereocenters. The van der Waals surface area contributed by atoms with E-state index in [1.54, 1.807) is 0 Å². The van der Waals surface area contributed by atoms with Gasteiger partial charge in [0.05, 0.1) is 0 Å². The zero-order valence-corrected chi connectivity index (χ0v) is 21.0. The molecule has 0 N–H and O–H groups in total. The van der Waals surface area contributed by atoms with Gasteiger partial charge in [0.2, 0.25) is 0 Å². The molecule has 0 nitrogen and oxygen atoms in total. The predicted molar refractivity (Wildman–Crippen MR) is 155 cm³/mol. The molecule has 0 saturated heterocycles. The van der Waals surface area contributed by atoms with Crippen LogP contribution in [-0.2, 0) is 5.41 Å². The summed E-state index contributed by atoms with van der Waals surface area (Å²) in [5.41, 5.74) is 12.0. The third kappa shape index (κ3) is 2.94. The molecule has 0 radical (unpaired) electrons. The molecular weight excluding hydrogens is 432 g/mol. The number of rotatable bonds is 2. The van der Waals surface area contributed by atoms with Gasteiger partial charge in [0.25, 0.3) is 0 Å². The minimum Gasteiger partial charge on any atom is -0.0622 e. The van der Waals surface area contributed by atoms with Crippen molar-refractivity contribution in [3.8, 4) is 33.4 Å². The van der Waals surface area contributed by atoms with Crippen LogP contribution >= 0.6 is 0 Å². The maximum Gasteiger partial charge on any atom is 0.0159 e. The van der Waals surface area contributed by atoms with E-state index in [1.165, 1.54) is 71.6 Å². The molecule has 0 saturated carbocycles. The smallest absolute Gasteiger partial charge is 0.0159 e. The monoisotopic (exact) mass is 460 g/mol. The third-order valence-corrected chi connectivity index (χ3v) is 8.11. The van der Waals surface area contributed by atoms with Crippen molar-refractivity contribution in [3.05, 3.63) is 132 Å². The van der Waals surface area contributed by atoms with Crippen molar-refractivity contribution in [1.29, 1.82) is 0 Å². The molecule has 1 aliphatic rings. The summed E-state index contributed by atoms with van der Waals surface area (Å²) in [5.74, 6) is 0. The maximum atomic E-state index is 2.46. The van der Waals surface area contributed by atoms with E-state index in [9.17, 15) is 0 Å². The van der Waals surface area contributed by atoms with Crippen molar-refractivity contribution in [2.75, 3.05) is 0 Å². The SMILES string of the molecule is Cc1ccc2c(-c3ccccc3)c3ccccc3c(-c3ccc4c(c3)C(C)(C)c3ccccc3-4)c2c1. The summed E-state index contributed by atoms with van der Waals surface area (Å²) in [6.45, 7) is 6.92. The first kappa shape index (κ1) is 21.1. The molecule has 6 aromatic rings. The summed E-state index contributed by atoms with van der Waals surface area (Å²) in [6.07, 6.45) is 0. The Bertz CT molecular complexity index is 1800. The Morgan fingerprint density at radius 1 is 0.444 bits per heavy atom. The standard InChI is InChI=1S/C36H28/c1-23-17-19-30-31(21-23)35(29-15-8-7-14-28(29)34(30)24-11-5-4-6-12-24)25-18-20-27-26-13-9-10-16-32(26)36(2,3)33(27)22-25/h4-22H,1-3H3. The van der Waals surface area contributed by atoms with Gasteiger partial charge < -0.3 is 0 Å². The van der Waals surface area contributed by atoms with Crippen LogP contribution in [0.25, 0.3) is 54.9 Å². The van der Waals surface area contributed by atoms with Crippen molar-refractivity contribution in [1.82, 2.24) is 0 Å². The molecule has 0 unspecified atom stereocenters. The normalized spacial score (nSPS) is 13.6. The molecule has 1 aliphatic carbocycles. The van der Waals surface area contributed by atoms with Gasteiger partial charge >= 0.3 is 0 Å². The van der Waals surface area contributed by atoms with Crippen molar-refractivity contribution in [2.24, 2.45) is 0 Å². The third-order valence-electron chi connectivity index (χ3n) is 8.11. The highest BCUT2D eigenvalue weighted by atomic mass is 14.4. The second-order valence-electron chi connectivity index (χ2n) is 10.6. The van der Waals surface area contributed by atoms with Crippen LogP contribution in [0.1, 0.15) is 30.5 Å². The fraction of sp³-hybridized carbons (Fsp3) is 0.111. The lowest BCUT2D eigenvalue weighted by Gasteiger charge is -2.23. The number of hydrogen-bond donors (Lipinski definition) is 0. The molecule has 0 bridgehead atoms. The van der Waals surface area contributed by atoms with Crippen LogP contribution in [0.15, 0.2) is 115 Å². The van der Waals surface area contributed by atoms with E-state index in [2.05, 4.69) is 136 Å². The van der Waals surface area contributed by atoms with Gasteiger partial charge in [-0.1, -0.05) is 129 Å². The van der Waals surface area contributed by atoms with E-state index in [0.29, 0.717) is 0 Å². The lowest BCUT2D eigenvalue weighted by atomic mass is 9.80. The predicted octanol–water partition coefficient (Wildman–Crippen LogP) is 9.94. The average molecular weight is 461 g/mol. The fourth-order valence-electron chi connectivity index (χ4n) is 6.38. The van der Waals surface area contributed by atoms with Crippen LogP contribution in [0, 0.1) is 6.92 Å². The summed E-state index contributed by atoms with van der Waals surface area (Å²) in [4.78, 5) is 0. The molecule has 0 heteroatoms. The van der Waals surface area contributed by atoms with Crippen LogP contribution in [0.5, 0.6) is 0 Å².